The monoisotopic (exact) mass is 420 g/mol. The number of aryl methyl sites for hydroxylation is 2. The molecule has 0 aromatic heterocycles. The molecule has 0 radical (unpaired) electrons. The van der Waals surface area contributed by atoms with Gasteiger partial charge in [0, 0.05) is 11.3 Å². The number of allylic oxidation sites excluding steroid dienone is 3. The van der Waals surface area contributed by atoms with Crippen molar-refractivity contribution in [3.63, 3.8) is 0 Å². The molecular formula is C29H44N2. The Kier molecular flexibility index (Phi) is 13.3. The molecule has 1 aliphatic rings. The fraction of sp³-hybridized carbons (Fsp3) is 0.448. The van der Waals surface area contributed by atoms with E-state index in [1.807, 2.05) is 0 Å². The normalized spacial score (nSPS) is 13.7. The Bertz CT molecular complexity index is 828. The van der Waals surface area contributed by atoms with E-state index in [-0.39, 0.29) is 0 Å². The first kappa shape index (κ1) is 26.7. The third kappa shape index (κ3) is 9.14. The molecule has 0 unspecified atom stereocenters. The standard InChI is InChI=1S/C23H27N.C5H12.CH5N/c1-17-9-3-5-11-19(17)15-20-12-6-7-13-21(20)16-23(24)22-14-8-4-10-18(22)2;1-3-5-4-2;1-2/h3-5,8-11,14,16H,6-7,12-13,15,24H2,1-2H3;3-5H2,1-2H3;2H2,1H3/b23-16-;;. The molecule has 4 N–H and O–H groups in total. The van der Waals surface area contributed by atoms with Gasteiger partial charge in [0.2, 0.25) is 0 Å². The van der Waals surface area contributed by atoms with E-state index < -0.39 is 0 Å². The highest BCUT2D eigenvalue weighted by molar-refractivity contribution is 5.68. The minimum atomic E-state index is 0.896. The highest BCUT2D eigenvalue weighted by Gasteiger charge is 2.13. The summed E-state index contributed by atoms with van der Waals surface area (Å²) in [6, 6.07) is 17.1. The Morgan fingerprint density at radius 2 is 1.42 bits per heavy atom. The van der Waals surface area contributed by atoms with Crippen LogP contribution in [0.2, 0.25) is 0 Å². The lowest BCUT2D eigenvalue weighted by atomic mass is 9.86. The molecule has 2 aromatic carbocycles. The van der Waals surface area contributed by atoms with Crippen LogP contribution < -0.4 is 11.5 Å². The zero-order chi connectivity index (χ0) is 23.1. The summed E-state index contributed by atoms with van der Waals surface area (Å²) in [5, 5.41) is 0. The van der Waals surface area contributed by atoms with Gasteiger partial charge in [-0.2, -0.15) is 0 Å². The van der Waals surface area contributed by atoms with Gasteiger partial charge in [0.25, 0.3) is 0 Å². The molecule has 31 heavy (non-hydrogen) atoms. The molecule has 2 nitrogen and oxygen atoms in total. The van der Waals surface area contributed by atoms with Crippen LogP contribution in [0.5, 0.6) is 0 Å². The lowest BCUT2D eigenvalue weighted by molar-refractivity contribution is 0.669. The smallest absolute Gasteiger partial charge is 0.0393 e. The number of nitrogens with two attached hydrogens (primary N) is 2. The maximum absolute atomic E-state index is 6.44. The van der Waals surface area contributed by atoms with E-state index in [0.717, 1.165) is 24.1 Å². The summed E-state index contributed by atoms with van der Waals surface area (Å²) < 4.78 is 0. The SMILES string of the molecule is CCCCC.CN.Cc1ccccc1CC1=C(/C=C(\N)c2ccccc2C)CCCC1. The van der Waals surface area contributed by atoms with Crippen LogP contribution in [-0.2, 0) is 6.42 Å². The fourth-order valence-electron chi connectivity index (χ4n) is 3.92. The highest BCUT2D eigenvalue weighted by Crippen LogP contribution is 2.30. The van der Waals surface area contributed by atoms with E-state index in [2.05, 4.69) is 88.0 Å². The van der Waals surface area contributed by atoms with Crippen molar-refractivity contribution in [3.05, 3.63) is 88.0 Å². The second kappa shape index (κ2) is 15.5. The van der Waals surface area contributed by atoms with Crippen molar-refractivity contribution >= 4 is 5.70 Å². The second-order valence-corrected chi connectivity index (χ2v) is 8.21. The molecule has 0 fully saturated rings. The van der Waals surface area contributed by atoms with Gasteiger partial charge < -0.3 is 11.5 Å². The highest BCUT2D eigenvalue weighted by atomic mass is 14.6. The minimum Gasteiger partial charge on any atom is -0.398 e. The minimum absolute atomic E-state index is 0.896. The van der Waals surface area contributed by atoms with Gasteiger partial charge in [-0.15, -0.1) is 0 Å². The summed E-state index contributed by atoms with van der Waals surface area (Å²) >= 11 is 0. The van der Waals surface area contributed by atoms with Gasteiger partial charge in [0.05, 0.1) is 0 Å². The average molecular weight is 421 g/mol. The van der Waals surface area contributed by atoms with Crippen LogP contribution in [0.15, 0.2) is 65.8 Å². The van der Waals surface area contributed by atoms with Gasteiger partial charge in [-0.25, -0.2) is 0 Å². The lowest BCUT2D eigenvalue weighted by Crippen LogP contribution is -2.05. The van der Waals surface area contributed by atoms with E-state index in [4.69, 9.17) is 5.73 Å². The van der Waals surface area contributed by atoms with E-state index >= 15 is 0 Å². The molecule has 2 aromatic rings. The van der Waals surface area contributed by atoms with Gasteiger partial charge in [0.1, 0.15) is 0 Å². The van der Waals surface area contributed by atoms with Crippen LogP contribution >= 0.6 is 0 Å². The number of rotatable bonds is 6. The van der Waals surface area contributed by atoms with E-state index in [1.54, 1.807) is 5.57 Å². The zero-order valence-electron chi connectivity index (χ0n) is 20.5. The van der Waals surface area contributed by atoms with Crippen LogP contribution in [-0.4, -0.2) is 7.05 Å². The Balaban J connectivity index is 0.000000605. The summed E-state index contributed by atoms with van der Waals surface area (Å²) in [4.78, 5) is 0. The molecule has 2 heteroatoms. The quantitative estimate of drug-likeness (QED) is 0.508. The number of benzene rings is 2. The summed E-state index contributed by atoms with van der Waals surface area (Å²) in [5.74, 6) is 0. The molecule has 0 saturated heterocycles. The number of hydrogen-bond donors (Lipinski definition) is 2. The van der Waals surface area contributed by atoms with Crippen molar-refractivity contribution in [1.82, 2.24) is 0 Å². The lowest BCUT2D eigenvalue weighted by Gasteiger charge is -2.20. The van der Waals surface area contributed by atoms with Crippen molar-refractivity contribution in [2.24, 2.45) is 11.5 Å². The van der Waals surface area contributed by atoms with Gasteiger partial charge in [0.15, 0.2) is 0 Å². The van der Waals surface area contributed by atoms with E-state index in [9.17, 15) is 0 Å². The van der Waals surface area contributed by atoms with E-state index in [0.29, 0.717) is 0 Å². The predicted octanol–water partition coefficient (Wildman–Crippen LogP) is 7.49. The summed E-state index contributed by atoms with van der Waals surface area (Å²) in [7, 11) is 1.50. The van der Waals surface area contributed by atoms with Gasteiger partial charge in [-0.05, 0) is 81.3 Å². The molecule has 0 bridgehead atoms. The Morgan fingerprint density at radius 3 is 2.00 bits per heavy atom. The Labute approximate surface area is 191 Å². The molecule has 3 rings (SSSR count). The summed E-state index contributed by atoms with van der Waals surface area (Å²) in [6.07, 6.45) is 12.3. The predicted molar refractivity (Wildman–Crippen MR) is 139 cm³/mol. The molecule has 170 valence electrons. The summed E-state index contributed by atoms with van der Waals surface area (Å²) in [5.41, 5.74) is 20.1. The van der Waals surface area contributed by atoms with Crippen LogP contribution in [0.3, 0.4) is 0 Å². The van der Waals surface area contributed by atoms with E-state index in [1.165, 1.54) is 67.8 Å². The molecule has 0 spiro atoms. The largest absolute Gasteiger partial charge is 0.398 e. The Morgan fingerprint density at radius 1 is 0.839 bits per heavy atom. The Hall–Kier alpha value is -2.32. The third-order valence-corrected chi connectivity index (χ3v) is 5.79. The number of hydrogen-bond acceptors (Lipinski definition) is 2. The molecular weight excluding hydrogens is 376 g/mol. The molecule has 0 amide bonds. The average Bonchev–Trinajstić information content (AvgIpc) is 2.79. The second-order valence-electron chi connectivity index (χ2n) is 8.21. The van der Waals surface area contributed by atoms with Crippen LogP contribution in [0.1, 0.15) is 81.0 Å². The van der Waals surface area contributed by atoms with Crippen molar-refractivity contribution in [2.75, 3.05) is 7.05 Å². The zero-order valence-corrected chi connectivity index (χ0v) is 20.5. The maximum atomic E-state index is 6.44. The first-order valence-electron chi connectivity index (χ1n) is 11.9. The van der Waals surface area contributed by atoms with Gasteiger partial charge >= 0.3 is 0 Å². The van der Waals surface area contributed by atoms with Gasteiger partial charge in [-0.3, -0.25) is 0 Å². The third-order valence-electron chi connectivity index (χ3n) is 5.79. The molecule has 0 atom stereocenters. The maximum Gasteiger partial charge on any atom is 0.0393 e. The summed E-state index contributed by atoms with van der Waals surface area (Å²) in [6.45, 7) is 8.75. The molecule has 1 aliphatic carbocycles. The molecule has 0 saturated carbocycles. The van der Waals surface area contributed by atoms with Crippen molar-refractivity contribution < 1.29 is 0 Å². The van der Waals surface area contributed by atoms with Crippen molar-refractivity contribution in [2.45, 2.75) is 79.1 Å². The first-order chi connectivity index (χ1) is 15.1. The van der Waals surface area contributed by atoms with Crippen LogP contribution in [0.25, 0.3) is 5.70 Å². The molecule has 0 aliphatic heterocycles. The van der Waals surface area contributed by atoms with Crippen molar-refractivity contribution in [3.8, 4) is 0 Å². The van der Waals surface area contributed by atoms with Crippen LogP contribution in [0.4, 0.5) is 0 Å². The fourth-order valence-corrected chi connectivity index (χ4v) is 3.92. The molecule has 0 heterocycles. The van der Waals surface area contributed by atoms with Crippen LogP contribution in [0, 0.1) is 13.8 Å². The topological polar surface area (TPSA) is 52.0 Å². The van der Waals surface area contributed by atoms with Gasteiger partial charge in [-0.1, -0.05) is 87.2 Å². The first-order valence-corrected chi connectivity index (χ1v) is 11.9. The van der Waals surface area contributed by atoms with Crippen molar-refractivity contribution in [1.29, 1.82) is 0 Å². The number of unbranched alkanes of at least 4 members (excludes halogenated alkanes) is 2.